The van der Waals surface area contributed by atoms with Gasteiger partial charge in [-0.3, -0.25) is 5.14 Å². The second-order valence-corrected chi connectivity index (χ2v) is 8.20. The number of carbonyl (C=O) groups excluding carboxylic acids is 1. The van der Waals surface area contributed by atoms with Crippen LogP contribution in [0.15, 0.2) is 35.2 Å². The van der Waals surface area contributed by atoms with Gasteiger partial charge in [-0.15, -0.1) is 0 Å². The minimum Gasteiger partial charge on any atom is -0.435 e. The van der Waals surface area contributed by atoms with Gasteiger partial charge in [-0.05, 0) is 91.9 Å². The molecule has 0 fully saturated rings. The highest BCUT2D eigenvalue weighted by Gasteiger charge is 2.15. The zero-order valence-corrected chi connectivity index (χ0v) is 21.0. The molecule has 2 aromatic carbocycles. The number of aryl methyl sites for hydroxylation is 1. The Bertz CT molecular complexity index is 850. The van der Waals surface area contributed by atoms with Crippen molar-refractivity contribution < 1.29 is 22.7 Å². The summed E-state index contributed by atoms with van der Waals surface area (Å²) in [6, 6.07) is 8.32. The minimum atomic E-state index is -2.83. The van der Waals surface area contributed by atoms with E-state index >= 15 is 0 Å². The summed E-state index contributed by atoms with van der Waals surface area (Å²) in [7, 11) is 5.40. The summed E-state index contributed by atoms with van der Waals surface area (Å²) in [5.74, 6) is 0.0820. The van der Waals surface area contributed by atoms with Crippen LogP contribution in [-0.2, 0) is 24.2 Å². The van der Waals surface area contributed by atoms with Gasteiger partial charge >= 0.3 is 6.61 Å². The van der Waals surface area contributed by atoms with Crippen molar-refractivity contribution in [3.05, 3.63) is 58.4 Å². The molecule has 2 aromatic rings. The molecule has 2 rings (SSSR count). The van der Waals surface area contributed by atoms with Gasteiger partial charge in [0.15, 0.2) is 0 Å². The Hall–Kier alpha value is -2.07. The van der Waals surface area contributed by atoms with E-state index in [1.165, 1.54) is 13.1 Å². The molecule has 0 heterocycles. The lowest BCUT2D eigenvalue weighted by Gasteiger charge is -2.17. The lowest BCUT2D eigenvalue weighted by atomic mass is 9.90. The highest BCUT2D eigenvalue weighted by molar-refractivity contribution is 7.97. The number of carbonyl (C=O) groups is 1. The van der Waals surface area contributed by atoms with Gasteiger partial charge in [0.25, 0.3) is 0 Å². The standard InChI is InChI=1S/C14H18F2O2.C9H13FN2S.CH5N/c1-4-10-7-11(18-14(15)16)8-13(9(2)3)12(10)5-6-17;1-12(2)6-7-3-4-9(13-11)8(10)5-7;1-2/h6-9,14H,4-5H2,1-3H3;3-5H,6,11H2,1-2H3;2H2,1H3. The van der Waals surface area contributed by atoms with Crippen LogP contribution in [0.2, 0.25) is 0 Å². The highest BCUT2D eigenvalue weighted by atomic mass is 32.2. The van der Waals surface area contributed by atoms with Crippen molar-refractivity contribution in [2.75, 3.05) is 21.1 Å². The van der Waals surface area contributed by atoms with Gasteiger partial charge < -0.3 is 20.2 Å². The van der Waals surface area contributed by atoms with Crippen molar-refractivity contribution in [3.8, 4) is 5.75 Å². The van der Waals surface area contributed by atoms with Crippen molar-refractivity contribution in [1.29, 1.82) is 0 Å². The third-order valence-corrected chi connectivity index (χ3v) is 5.07. The Labute approximate surface area is 199 Å². The monoisotopic (exact) mass is 487 g/mol. The number of halogens is 3. The van der Waals surface area contributed by atoms with Gasteiger partial charge in [-0.2, -0.15) is 8.78 Å². The normalized spacial score (nSPS) is 10.5. The van der Waals surface area contributed by atoms with Gasteiger partial charge in [0, 0.05) is 13.0 Å². The molecule has 5 nitrogen and oxygen atoms in total. The largest absolute Gasteiger partial charge is 0.435 e. The fourth-order valence-corrected chi connectivity index (χ4v) is 3.48. The van der Waals surface area contributed by atoms with Gasteiger partial charge in [-0.25, -0.2) is 4.39 Å². The Morgan fingerprint density at radius 3 is 2.21 bits per heavy atom. The van der Waals surface area contributed by atoms with Crippen LogP contribution >= 0.6 is 11.9 Å². The first kappa shape index (κ1) is 30.9. The molecule has 0 unspecified atom stereocenters. The van der Waals surface area contributed by atoms with Crippen LogP contribution < -0.4 is 15.6 Å². The molecule has 0 atom stereocenters. The molecule has 4 N–H and O–H groups in total. The van der Waals surface area contributed by atoms with Crippen LogP contribution in [-0.4, -0.2) is 38.9 Å². The summed E-state index contributed by atoms with van der Waals surface area (Å²) >= 11 is 0.934. The first-order valence-corrected chi connectivity index (χ1v) is 11.4. The number of ether oxygens (including phenoxy) is 1. The van der Waals surface area contributed by atoms with E-state index in [9.17, 15) is 18.0 Å². The zero-order chi connectivity index (χ0) is 25.6. The average Bonchev–Trinajstić information content (AvgIpc) is 2.75. The van der Waals surface area contributed by atoms with E-state index in [2.05, 4.69) is 10.5 Å². The maximum atomic E-state index is 13.2. The topological polar surface area (TPSA) is 81.6 Å². The van der Waals surface area contributed by atoms with Crippen LogP contribution in [0.3, 0.4) is 0 Å². The molecular weight excluding hydrogens is 451 g/mol. The van der Waals surface area contributed by atoms with Gasteiger partial charge in [-0.1, -0.05) is 26.8 Å². The summed E-state index contributed by atoms with van der Waals surface area (Å²) in [5.41, 5.74) is 8.19. The second-order valence-electron chi connectivity index (χ2n) is 7.53. The van der Waals surface area contributed by atoms with Crippen molar-refractivity contribution in [2.24, 2.45) is 10.9 Å². The molecule has 0 spiro atoms. The molecule has 0 amide bonds. The number of rotatable bonds is 9. The Morgan fingerprint density at radius 2 is 1.79 bits per heavy atom. The predicted octanol–water partition coefficient (Wildman–Crippen LogP) is 5.14. The summed E-state index contributed by atoms with van der Waals surface area (Å²) < 4.78 is 42.2. The molecule has 186 valence electrons. The third-order valence-electron chi connectivity index (χ3n) is 4.49. The molecule has 0 bridgehead atoms. The van der Waals surface area contributed by atoms with Crippen LogP contribution in [0.5, 0.6) is 5.75 Å². The minimum absolute atomic E-state index is 0.159. The Kier molecular flexibility index (Phi) is 15.5. The molecule has 0 saturated carbocycles. The van der Waals surface area contributed by atoms with E-state index in [0.717, 1.165) is 47.0 Å². The van der Waals surface area contributed by atoms with E-state index in [1.54, 1.807) is 18.2 Å². The van der Waals surface area contributed by atoms with Crippen LogP contribution in [0.25, 0.3) is 0 Å². The lowest BCUT2D eigenvalue weighted by Crippen LogP contribution is -2.10. The third kappa shape index (κ3) is 11.1. The number of alkyl halides is 2. The summed E-state index contributed by atoms with van der Waals surface area (Å²) in [6.07, 6.45) is 1.84. The van der Waals surface area contributed by atoms with Gasteiger partial charge in [0.05, 0.1) is 4.90 Å². The van der Waals surface area contributed by atoms with Gasteiger partial charge in [0.1, 0.15) is 17.9 Å². The first-order valence-electron chi connectivity index (χ1n) is 10.5. The maximum absolute atomic E-state index is 13.2. The molecule has 0 radical (unpaired) electrons. The molecule has 33 heavy (non-hydrogen) atoms. The number of benzene rings is 2. The van der Waals surface area contributed by atoms with Crippen molar-refractivity contribution in [2.45, 2.75) is 57.6 Å². The number of hydrogen-bond donors (Lipinski definition) is 2. The Morgan fingerprint density at radius 1 is 1.15 bits per heavy atom. The Balaban J connectivity index is 0.000000602. The van der Waals surface area contributed by atoms with Crippen molar-refractivity contribution >= 4 is 18.2 Å². The second kappa shape index (κ2) is 16.5. The molecule has 0 saturated heterocycles. The molecule has 0 aliphatic rings. The molecular formula is C24H36F3N3O2S. The van der Waals surface area contributed by atoms with E-state index < -0.39 is 6.61 Å². The van der Waals surface area contributed by atoms with Crippen LogP contribution in [0, 0.1) is 5.82 Å². The zero-order valence-electron chi connectivity index (χ0n) is 20.2. The number of aldehydes is 1. The first-order chi connectivity index (χ1) is 15.6. The lowest BCUT2D eigenvalue weighted by molar-refractivity contribution is -0.107. The predicted molar refractivity (Wildman–Crippen MR) is 130 cm³/mol. The number of nitrogens with zero attached hydrogens (tertiary/aromatic N) is 1. The van der Waals surface area contributed by atoms with E-state index in [0.29, 0.717) is 17.7 Å². The summed E-state index contributed by atoms with van der Waals surface area (Å²) in [4.78, 5) is 13.2. The fourth-order valence-electron chi connectivity index (χ4n) is 3.16. The van der Waals surface area contributed by atoms with Crippen molar-refractivity contribution in [1.82, 2.24) is 4.90 Å². The summed E-state index contributed by atoms with van der Waals surface area (Å²) in [6.45, 7) is 3.78. The molecule has 0 aliphatic heterocycles. The van der Waals surface area contributed by atoms with Crippen molar-refractivity contribution in [3.63, 3.8) is 0 Å². The smallest absolute Gasteiger partial charge is 0.387 e. The molecule has 0 aromatic heterocycles. The number of hydrogen-bond acceptors (Lipinski definition) is 6. The highest BCUT2D eigenvalue weighted by Crippen LogP contribution is 2.29. The summed E-state index contributed by atoms with van der Waals surface area (Å²) in [5, 5.41) is 5.27. The maximum Gasteiger partial charge on any atom is 0.387 e. The SMILES string of the molecule is CCc1cc(OC(F)F)cc(C(C)C)c1CC=O.CN.CN(C)Cc1ccc(SN)c(F)c1. The fraction of sp³-hybridized carbons (Fsp3) is 0.458. The van der Waals surface area contributed by atoms with E-state index in [1.807, 2.05) is 45.8 Å². The molecule has 0 aliphatic carbocycles. The van der Waals surface area contributed by atoms with Crippen LogP contribution in [0.4, 0.5) is 13.2 Å². The van der Waals surface area contributed by atoms with Crippen LogP contribution in [0.1, 0.15) is 48.9 Å². The number of nitrogens with two attached hydrogens (primary N) is 2. The molecule has 9 heteroatoms. The quantitative estimate of drug-likeness (QED) is 0.376. The van der Waals surface area contributed by atoms with E-state index in [4.69, 9.17) is 5.14 Å². The van der Waals surface area contributed by atoms with Gasteiger partial charge in [0.2, 0.25) is 0 Å². The average molecular weight is 488 g/mol. The van der Waals surface area contributed by atoms with E-state index in [-0.39, 0.29) is 17.5 Å².